The average Bonchev–Trinajstić information content (AvgIpc) is 3.10. The van der Waals surface area contributed by atoms with Crippen LogP contribution in [0.3, 0.4) is 0 Å². The van der Waals surface area contributed by atoms with Crippen LogP contribution in [0.1, 0.15) is 63.6 Å². The van der Waals surface area contributed by atoms with Crippen LogP contribution >= 0.6 is 0 Å². The predicted molar refractivity (Wildman–Crippen MR) is 111 cm³/mol. The quantitative estimate of drug-likeness (QED) is 0.749. The summed E-state index contributed by atoms with van der Waals surface area (Å²) < 4.78 is 13.9. The van der Waals surface area contributed by atoms with Gasteiger partial charge in [0.1, 0.15) is 0 Å². The molecule has 1 unspecified atom stereocenters. The van der Waals surface area contributed by atoms with Gasteiger partial charge in [0.05, 0.1) is 30.0 Å². The summed E-state index contributed by atoms with van der Waals surface area (Å²) in [4.78, 5) is 12.6. The minimum atomic E-state index is -0.730. The van der Waals surface area contributed by atoms with Gasteiger partial charge in [0.25, 0.3) is 0 Å². The Morgan fingerprint density at radius 1 is 1.00 bits per heavy atom. The molecule has 0 saturated heterocycles. The maximum atomic E-state index is 12.6. The van der Waals surface area contributed by atoms with E-state index in [9.17, 15) is 4.79 Å². The van der Waals surface area contributed by atoms with E-state index < -0.39 is 5.41 Å². The highest BCUT2D eigenvalue weighted by Crippen LogP contribution is 2.54. The minimum Gasteiger partial charge on any atom is -0.376 e. The van der Waals surface area contributed by atoms with Gasteiger partial charge in [0.15, 0.2) is 0 Å². The van der Waals surface area contributed by atoms with Gasteiger partial charge in [-0.25, -0.2) is 0 Å². The number of fused-ring (bicyclic) bond motifs is 1. The van der Waals surface area contributed by atoms with E-state index in [0.29, 0.717) is 32.8 Å². The van der Waals surface area contributed by atoms with E-state index in [2.05, 4.69) is 30.5 Å². The molecule has 5 nitrogen and oxygen atoms in total. The fraction of sp³-hybridized carbons (Fsp3) is 0.522. The fourth-order valence-electron chi connectivity index (χ4n) is 4.83. The van der Waals surface area contributed by atoms with E-state index in [1.54, 1.807) is 0 Å². The number of hydrogen-bond donors (Lipinski definition) is 1. The molecule has 3 rings (SSSR count). The van der Waals surface area contributed by atoms with Gasteiger partial charge >= 0.3 is 0 Å². The first-order valence-electron chi connectivity index (χ1n) is 10.1. The summed E-state index contributed by atoms with van der Waals surface area (Å²) in [7, 11) is 0. The highest BCUT2D eigenvalue weighted by Gasteiger charge is 2.53. The number of primary amides is 1. The molecule has 1 aromatic heterocycles. The Labute approximate surface area is 167 Å². The molecule has 2 N–H and O–H groups in total. The summed E-state index contributed by atoms with van der Waals surface area (Å²) in [5.74, 6) is -0.287. The highest BCUT2D eigenvalue weighted by atomic mass is 16.5. The molecule has 1 amide bonds. The topological polar surface area (TPSA) is 66.5 Å². The Balaban J connectivity index is 2.37. The largest absolute Gasteiger partial charge is 0.376 e. The molecule has 0 saturated carbocycles. The second-order valence-corrected chi connectivity index (χ2v) is 8.35. The van der Waals surface area contributed by atoms with Crippen LogP contribution in [-0.2, 0) is 38.3 Å². The van der Waals surface area contributed by atoms with Crippen LogP contribution in [0.4, 0.5) is 0 Å². The summed E-state index contributed by atoms with van der Waals surface area (Å²) >= 11 is 0. The number of hydrogen-bond acceptors (Lipinski definition) is 3. The molecule has 0 fully saturated rings. The summed E-state index contributed by atoms with van der Waals surface area (Å²) in [6.07, 6.45) is 0.688. The number of rotatable bonds is 8. The van der Waals surface area contributed by atoms with E-state index in [0.717, 1.165) is 22.6 Å². The van der Waals surface area contributed by atoms with Crippen LogP contribution in [0, 0.1) is 0 Å². The van der Waals surface area contributed by atoms with Gasteiger partial charge in [0.2, 0.25) is 5.91 Å². The third-order valence-electron chi connectivity index (χ3n) is 5.84. The number of ether oxygens (including phenoxy) is 2. The fourth-order valence-corrected chi connectivity index (χ4v) is 4.83. The molecule has 0 aliphatic heterocycles. The Morgan fingerprint density at radius 3 is 2.04 bits per heavy atom. The van der Waals surface area contributed by atoms with Crippen molar-refractivity contribution in [1.29, 1.82) is 0 Å². The van der Waals surface area contributed by atoms with Crippen LogP contribution < -0.4 is 5.73 Å². The number of aromatic nitrogens is 1. The molecule has 1 heterocycles. The zero-order chi connectivity index (χ0) is 20.5. The molecule has 5 heteroatoms. The van der Waals surface area contributed by atoms with Gasteiger partial charge in [-0.1, -0.05) is 32.0 Å². The maximum Gasteiger partial charge on any atom is 0.227 e. The third-order valence-corrected chi connectivity index (χ3v) is 5.84. The Morgan fingerprint density at radius 2 is 1.54 bits per heavy atom. The number of nitrogens with zero attached hydrogens (tertiary/aromatic N) is 1. The first kappa shape index (κ1) is 20.6. The van der Waals surface area contributed by atoms with Crippen molar-refractivity contribution >= 4 is 5.91 Å². The monoisotopic (exact) mass is 384 g/mol. The number of amides is 1. The molecule has 0 radical (unpaired) electrons. The van der Waals surface area contributed by atoms with Gasteiger partial charge in [-0.3, -0.25) is 4.79 Å². The Kier molecular flexibility index (Phi) is 5.69. The molecule has 28 heavy (non-hydrogen) atoms. The zero-order valence-electron chi connectivity index (χ0n) is 17.7. The highest BCUT2D eigenvalue weighted by molar-refractivity contribution is 5.89. The Hall–Kier alpha value is -2.11. The molecule has 0 bridgehead atoms. The minimum absolute atomic E-state index is 0.188. The maximum absolute atomic E-state index is 12.6. The summed E-state index contributed by atoms with van der Waals surface area (Å²) in [6, 6.07) is 10.2. The van der Waals surface area contributed by atoms with E-state index in [1.807, 2.05) is 39.0 Å². The third kappa shape index (κ3) is 3.27. The molecule has 152 valence electrons. The lowest BCUT2D eigenvalue weighted by molar-refractivity contribution is -0.123. The lowest BCUT2D eigenvalue weighted by Crippen LogP contribution is -2.38. The molecule has 0 spiro atoms. The lowest BCUT2D eigenvalue weighted by Gasteiger charge is -2.28. The standard InChI is InChI=1S/C23H32N2O3/c1-6-27-13-17-19-20(23(5,21(24)26)15-22(19,3)4)18(14-28-7-2)25(17)16-11-9-8-10-12-16/h8-12H,6-7,13-15H2,1-5H3,(H2,24,26). The van der Waals surface area contributed by atoms with Crippen LogP contribution in [0.5, 0.6) is 0 Å². The number of nitrogens with two attached hydrogens (primary N) is 1. The summed E-state index contributed by atoms with van der Waals surface area (Å²) in [5.41, 5.74) is 10.4. The lowest BCUT2D eigenvalue weighted by atomic mass is 9.78. The summed E-state index contributed by atoms with van der Waals surface area (Å²) in [6.45, 7) is 12.5. The zero-order valence-corrected chi connectivity index (χ0v) is 17.7. The van der Waals surface area contributed by atoms with Crippen molar-refractivity contribution in [1.82, 2.24) is 4.57 Å². The van der Waals surface area contributed by atoms with Crippen molar-refractivity contribution < 1.29 is 14.3 Å². The first-order valence-corrected chi connectivity index (χ1v) is 10.1. The summed E-state index contributed by atoms with van der Waals surface area (Å²) in [5, 5.41) is 0. The normalized spacial score (nSPS) is 20.3. The van der Waals surface area contributed by atoms with Crippen molar-refractivity contribution in [2.75, 3.05) is 13.2 Å². The van der Waals surface area contributed by atoms with Crippen LogP contribution in [0.2, 0.25) is 0 Å². The van der Waals surface area contributed by atoms with Gasteiger partial charge in [-0.2, -0.15) is 0 Å². The predicted octanol–water partition coefficient (Wildman–Crippen LogP) is 3.97. The number of carbonyl (C=O) groups excluding carboxylic acids is 1. The van der Waals surface area contributed by atoms with Crippen molar-refractivity contribution in [3.8, 4) is 5.69 Å². The smallest absolute Gasteiger partial charge is 0.227 e. The molecule has 1 aliphatic rings. The van der Waals surface area contributed by atoms with Crippen LogP contribution in [0.25, 0.3) is 5.69 Å². The van der Waals surface area contributed by atoms with E-state index in [1.165, 1.54) is 5.56 Å². The van der Waals surface area contributed by atoms with E-state index >= 15 is 0 Å². The number of carbonyl (C=O) groups is 1. The van der Waals surface area contributed by atoms with Crippen LogP contribution in [0.15, 0.2) is 30.3 Å². The SMILES string of the molecule is CCOCc1c2c(c(COCC)n1-c1ccccc1)C(C)(C(N)=O)CC2(C)C. The molecule has 1 aliphatic carbocycles. The average molecular weight is 385 g/mol. The molecule has 1 atom stereocenters. The molecule has 2 aromatic rings. The van der Waals surface area contributed by atoms with Gasteiger partial charge in [0, 0.05) is 18.9 Å². The van der Waals surface area contributed by atoms with E-state index in [-0.39, 0.29) is 11.3 Å². The van der Waals surface area contributed by atoms with Crippen molar-refractivity contribution in [3.05, 3.63) is 52.8 Å². The molecule has 1 aromatic carbocycles. The molecular weight excluding hydrogens is 352 g/mol. The van der Waals surface area contributed by atoms with Crippen molar-refractivity contribution in [3.63, 3.8) is 0 Å². The number of para-hydroxylation sites is 1. The van der Waals surface area contributed by atoms with E-state index in [4.69, 9.17) is 15.2 Å². The Bertz CT molecular complexity index is 854. The van der Waals surface area contributed by atoms with Gasteiger partial charge in [-0.15, -0.1) is 0 Å². The second kappa shape index (κ2) is 7.72. The second-order valence-electron chi connectivity index (χ2n) is 8.35. The first-order chi connectivity index (χ1) is 13.3. The molecular formula is C23H32N2O3. The van der Waals surface area contributed by atoms with Crippen molar-refractivity contribution in [2.45, 2.75) is 65.1 Å². The van der Waals surface area contributed by atoms with Crippen LogP contribution in [-0.4, -0.2) is 23.7 Å². The number of benzene rings is 1. The van der Waals surface area contributed by atoms with Crippen molar-refractivity contribution in [2.24, 2.45) is 5.73 Å². The van der Waals surface area contributed by atoms with Gasteiger partial charge in [-0.05, 0) is 55.9 Å². The van der Waals surface area contributed by atoms with Gasteiger partial charge < -0.3 is 19.8 Å².